The lowest BCUT2D eigenvalue weighted by atomic mass is 10.1. The van der Waals surface area contributed by atoms with Gasteiger partial charge in [0.05, 0.1) is 18.7 Å². The van der Waals surface area contributed by atoms with Gasteiger partial charge in [0.1, 0.15) is 17.1 Å². The summed E-state index contributed by atoms with van der Waals surface area (Å²) in [5.41, 5.74) is 0.697. The summed E-state index contributed by atoms with van der Waals surface area (Å²) in [5.74, 6) is 0.590. The first kappa shape index (κ1) is 13.7. The summed E-state index contributed by atoms with van der Waals surface area (Å²) in [6, 6.07) is 3.50. The van der Waals surface area contributed by atoms with Crippen molar-refractivity contribution in [2.24, 2.45) is 0 Å². The summed E-state index contributed by atoms with van der Waals surface area (Å²) in [5, 5.41) is 1.23. The SMILES string of the molecule is CCOc1ccc2c(Cl)c(CC)oc2c1C(=O)OC. The average Bonchev–Trinajstić information content (AvgIpc) is 2.75. The Morgan fingerprint density at radius 2 is 2.11 bits per heavy atom. The van der Waals surface area contributed by atoms with Crippen molar-refractivity contribution < 1.29 is 18.7 Å². The molecule has 19 heavy (non-hydrogen) atoms. The summed E-state index contributed by atoms with van der Waals surface area (Å²) >= 11 is 6.22. The number of carbonyl (C=O) groups excluding carboxylic acids is 1. The average molecular weight is 283 g/mol. The molecule has 1 aromatic heterocycles. The second-order valence-corrected chi connectivity index (χ2v) is 4.31. The minimum Gasteiger partial charge on any atom is -0.493 e. The van der Waals surface area contributed by atoms with Crippen molar-refractivity contribution >= 4 is 28.5 Å². The summed E-state index contributed by atoms with van der Waals surface area (Å²) in [6.07, 6.45) is 0.651. The van der Waals surface area contributed by atoms with Gasteiger partial charge in [0, 0.05) is 11.8 Å². The molecule has 2 rings (SSSR count). The minimum absolute atomic E-state index is 0.281. The molecule has 0 spiro atoms. The standard InChI is InChI=1S/C14H15ClO4/c1-4-9-12(15)8-6-7-10(18-5-2)11(13(8)19-9)14(16)17-3/h6-7H,4-5H2,1-3H3. The Balaban J connectivity index is 2.75. The van der Waals surface area contributed by atoms with Gasteiger partial charge in [-0.25, -0.2) is 4.79 Å². The summed E-state index contributed by atoms with van der Waals surface area (Å²) in [4.78, 5) is 11.9. The fourth-order valence-corrected chi connectivity index (χ4v) is 2.28. The van der Waals surface area contributed by atoms with E-state index in [0.29, 0.717) is 40.5 Å². The van der Waals surface area contributed by atoms with E-state index in [1.807, 2.05) is 13.8 Å². The van der Waals surface area contributed by atoms with Crippen molar-refractivity contribution in [3.63, 3.8) is 0 Å². The van der Waals surface area contributed by atoms with Gasteiger partial charge in [0.25, 0.3) is 0 Å². The third-order valence-electron chi connectivity index (χ3n) is 2.84. The third-order valence-corrected chi connectivity index (χ3v) is 3.25. The molecule has 0 radical (unpaired) electrons. The largest absolute Gasteiger partial charge is 0.493 e. The van der Waals surface area contributed by atoms with Crippen LogP contribution in [0.25, 0.3) is 11.0 Å². The molecule has 0 unspecified atom stereocenters. The normalized spacial score (nSPS) is 10.7. The lowest BCUT2D eigenvalue weighted by Gasteiger charge is -2.08. The molecule has 0 aliphatic heterocycles. The number of carbonyl (C=O) groups is 1. The third kappa shape index (κ3) is 2.28. The van der Waals surface area contributed by atoms with E-state index in [9.17, 15) is 4.79 Å². The summed E-state index contributed by atoms with van der Waals surface area (Å²) in [7, 11) is 1.32. The smallest absolute Gasteiger partial charge is 0.345 e. The molecule has 0 N–H and O–H groups in total. The van der Waals surface area contributed by atoms with Crippen LogP contribution in [0.3, 0.4) is 0 Å². The Bertz CT molecular complexity index is 615. The first-order valence-electron chi connectivity index (χ1n) is 6.08. The van der Waals surface area contributed by atoms with E-state index in [-0.39, 0.29) is 5.56 Å². The number of esters is 1. The van der Waals surface area contributed by atoms with Crippen LogP contribution in [0, 0.1) is 0 Å². The van der Waals surface area contributed by atoms with Crippen molar-refractivity contribution in [3.8, 4) is 5.75 Å². The fraction of sp³-hybridized carbons (Fsp3) is 0.357. The van der Waals surface area contributed by atoms with Gasteiger partial charge in [-0.2, -0.15) is 0 Å². The van der Waals surface area contributed by atoms with Gasteiger partial charge in [-0.15, -0.1) is 0 Å². The predicted molar refractivity (Wildman–Crippen MR) is 73.1 cm³/mol. The number of aryl methyl sites for hydroxylation is 1. The molecule has 1 aromatic carbocycles. The van der Waals surface area contributed by atoms with Gasteiger partial charge in [-0.05, 0) is 19.1 Å². The fourth-order valence-electron chi connectivity index (χ4n) is 1.96. The van der Waals surface area contributed by atoms with Gasteiger partial charge in [0.15, 0.2) is 5.58 Å². The molecule has 102 valence electrons. The number of hydrogen-bond acceptors (Lipinski definition) is 4. The van der Waals surface area contributed by atoms with Crippen LogP contribution in [0.15, 0.2) is 16.5 Å². The number of methoxy groups -OCH3 is 1. The molecule has 0 saturated heterocycles. The van der Waals surface area contributed by atoms with Crippen molar-refractivity contribution in [1.82, 2.24) is 0 Å². The molecule has 0 aliphatic rings. The van der Waals surface area contributed by atoms with Crippen LogP contribution in [0.2, 0.25) is 5.02 Å². The molecular formula is C14H15ClO4. The van der Waals surface area contributed by atoms with Crippen LogP contribution in [0.4, 0.5) is 0 Å². The van der Waals surface area contributed by atoms with Crippen LogP contribution in [0.1, 0.15) is 30.0 Å². The zero-order valence-electron chi connectivity index (χ0n) is 11.1. The van der Waals surface area contributed by atoms with Crippen LogP contribution in [0.5, 0.6) is 5.75 Å². The topological polar surface area (TPSA) is 48.7 Å². The molecule has 0 aliphatic carbocycles. The highest BCUT2D eigenvalue weighted by Crippen LogP contribution is 2.37. The van der Waals surface area contributed by atoms with E-state index in [1.54, 1.807) is 12.1 Å². The summed E-state index contributed by atoms with van der Waals surface area (Å²) < 4.78 is 15.9. The van der Waals surface area contributed by atoms with Crippen molar-refractivity contribution in [2.75, 3.05) is 13.7 Å². The second kappa shape index (κ2) is 5.53. The van der Waals surface area contributed by atoms with E-state index in [1.165, 1.54) is 7.11 Å². The van der Waals surface area contributed by atoms with E-state index < -0.39 is 5.97 Å². The molecule has 1 heterocycles. The molecule has 0 amide bonds. The number of fused-ring (bicyclic) bond motifs is 1. The van der Waals surface area contributed by atoms with Crippen LogP contribution >= 0.6 is 11.6 Å². The number of furan rings is 1. The monoisotopic (exact) mass is 282 g/mol. The van der Waals surface area contributed by atoms with Gasteiger partial charge in [-0.3, -0.25) is 0 Å². The zero-order chi connectivity index (χ0) is 14.0. The van der Waals surface area contributed by atoms with Gasteiger partial charge >= 0.3 is 5.97 Å². The van der Waals surface area contributed by atoms with E-state index in [0.717, 1.165) is 0 Å². The highest BCUT2D eigenvalue weighted by Gasteiger charge is 2.23. The first-order valence-corrected chi connectivity index (χ1v) is 6.46. The molecule has 5 heteroatoms. The number of rotatable bonds is 4. The van der Waals surface area contributed by atoms with Gasteiger partial charge in [0.2, 0.25) is 0 Å². The zero-order valence-corrected chi connectivity index (χ0v) is 11.8. The Kier molecular flexibility index (Phi) is 4.00. The maximum absolute atomic E-state index is 11.9. The van der Waals surface area contributed by atoms with E-state index >= 15 is 0 Å². The second-order valence-electron chi connectivity index (χ2n) is 3.93. The van der Waals surface area contributed by atoms with Crippen LogP contribution in [-0.2, 0) is 11.2 Å². The highest BCUT2D eigenvalue weighted by molar-refractivity contribution is 6.36. The first-order chi connectivity index (χ1) is 9.13. The van der Waals surface area contributed by atoms with Crippen molar-refractivity contribution in [3.05, 3.63) is 28.5 Å². The van der Waals surface area contributed by atoms with Crippen LogP contribution in [-0.4, -0.2) is 19.7 Å². The highest BCUT2D eigenvalue weighted by atomic mass is 35.5. The molecule has 0 bridgehead atoms. The molecule has 4 nitrogen and oxygen atoms in total. The number of halogens is 1. The molecule has 2 aromatic rings. The van der Waals surface area contributed by atoms with Gasteiger partial charge in [-0.1, -0.05) is 18.5 Å². The molecule has 0 saturated carbocycles. The van der Waals surface area contributed by atoms with E-state index in [4.69, 9.17) is 25.5 Å². The van der Waals surface area contributed by atoms with Crippen molar-refractivity contribution in [1.29, 1.82) is 0 Å². The Labute approximate surface area is 116 Å². The lowest BCUT2D eigenvalue weighted by Crippen LogP contribution is -2.06. The number of benzene rings is 1. The molecule has 0 atom stereocenters. The van der Waals surface area contributed by atoms with Crippen molar-refractivity contribution in [2.45, 2.75) is 20.3 Å². The quantitative estimate of drug-likeness (QED) is 0.800. The molecule has 0 fully saturated rings. The Morgan fingerprint density at radius 3 is 2.68 bits per heavy atom. The predicted octanol–water partition coefficient (Wildman–Crippen LogP) is 3.83. The molecular weight excluding hydrogens is 268 g/mol. The summed E-state index contributed by atoms with van der Waals surface area (Å²) in [6.45, 7) is 4.23. The number of ether oxygens (including phenoxy) is 2. The number of hydrogen-bond donors (Lipinski definition) is 0. The minimum atomic E-state index is -0.498. The Hall–Kier alpha value is -1.68. The lowest BCUT2D eigenvalue weighted by molar-refractivity contribution is 0.0597. The maximum atomic E-state index is 11.9. The maximum Gasteiger partial charge on any atom is 0.345 e. The van der Waals surface area contributed by atoms with Gasteiger partial charge < -0.3 is 13.9 Å². The van der Waals surface area contributed by atoms with E-state index in [2.05, 4.69) is 0 Å². The van der Waals surface area contributed by atoms with Crippen LogP contribution < -0.4 is 4.74 Å². The Morgan fingerprint density at radius 1 is 1.37 bits per heavy atom.